The summed E-state index contributed by atoms with van der Waals surface area (Å²) in [6, 6.07) is 9.71. The average molecular weight is 346 g/mol. The Morgan fingerprint density at radius 3 is 2.58 bits per heavy atom. The second-order valence-electron chi connectivity index (χ2n) is 5.52. The van der Waals surface area contributed by atoms with Gasteiger partial charge in [0, 0.05) is 5.38 Å². The van der Waals surface area contributed by atoms with Crippen molar-refractivity contribution >= 4 is 28.3 Å². The summed E-state index contributed by atoms with van der Waals surface area (Å²) >= 11 is 1.22. The second-order valence-corrected chi connectivity index (χ2v) is 6.38. The minimum Gasteiger partial charge on any atom is -0.461 e. The van der Waals surface area contributed by atoms with E-state index in [1.807, 2.05) is 30.3 Å². The van der Waals surface area contributed by atoms with E-state index in [1.54, 1.807) is 12.3 Å². The van der Waals surface area contributed by atoms with Crippen LogP contribution in [-0.2, 0) is 9.53 Å². The molecule has 1 N–H and O–H groups in total. The lowest BCUT2D eigenvalue weighted by atomic mass is 9.85. The van der Waals surface area contributed by atoms with E-state index in [4.69, 9.17) is 4.74 Å². The number of nitrogens with one attached hydrogen (secondary N) is 1. The van der Waals surface area contributed by atoms with Crippen LogP contribution in [0.4, 0.5) is 5.13 Å². The third-order valence-electron chi connectivity index (χ3n) is 3.87. The summed E-state index contributed by atoms with van der Waals surface area (Å²) in [6.07, 6.45) is 0.888. The maximum absolute atomic E-state index is 12.8. The number of carbonyl (C=O) groups is 2. The Hall–Kier alpha value is -2.21. The minimum absolute atomic E-state index is 0.111. The number of rotatable bonds is 7. The molecule has 0 aliphatic rings. The quantitative estimate of drug-likeness (QED) is 0.767. The molecule has 1 aromatic carbocycles. The number of nitrogens with zero attached hydrogens (tertiary/aromatic N) is 1. The van der Waals surface area contributed by atoms with Crippen LogP contribution in [0.1, 0.15) is 49.2 Å². The molecule has 0 saturated heterocycles. The molecule has 0 radical (unpaired) electrons. The van der Waals surface area contributed by atoms with Crippen LogP contribution >= 0.6 is 11.3 Å². The Labute approximate surface area is 146 Å². The minimum atomic E-state index is -0.476. The molecule has 0 spiro atoms. The number of carbonyl (C=O) groups excluding carboxylic acids is 2. The number of anilines is 1. The van der Waals surface area contributed by atoms with Crippen molar-refractivity contribution in [1.82, 2.24) is 4.98 Å². The largest absolute Gasteiger partial charge is 0.461 e. The monoisotopic (exact) mass is 346 g/mol. The molecule has 5 nitrogen and oxygen atoms in total. The van der Waals surface area contributed by atoms with Crippen LogP contribution in [-0.4, -0.2) is 23.5 Å². The highest BCUT2D eigenvalue weighted by Gasteiger charge is 2.26. The zero-order chi connectivity index (χ0) is 17.5. The van der Waals surface area contributed by atoms with Crippen molar-refractivity contribution in [2.45, 2.75) is 33.1 Å². The van der Waals surface area contributed by atoms with Crippen LogP contribution in [0.15, 0.2) is 35.7 Å². The molecule has 0 fully saturated rings. The number of thiazole rings is 1. The molecule has 0 bridgehead atoms. The van der Waals surface area contributed by atoms with E-state index in [0.29, 0.717) is 11.7 Å². The first kappa shape index (κ1) is 18.1. The van der Waals surface area contributed by atoms with Gasteiger partial charge in [-0.3, -0.25) is 4.79 Å². The first-order chi connectivity index (χ1) is 11.6. The summed E-state index contributed by atoms with van der Waals surface area (Å²) in [4.78, 5) is 28.6. The van der Waals surface area contributed by atoms with E-state index in [9.17, 15) is 9.59 Å². The van der Waals surface area contributed by atoms with E-state index in [0.717, 1.165) is 12.0 Å². The third kappa shape index (κ3) is 4.41. The highest BCUT2D eigenvalue weighted by Crippen LogP contribution is 2.29. The molecule has 1 heterocycles. The Morgan fingerprint density at radius 2 is 1.96 bits per heavy atom. The number of esters is 1. The lowest BCUT2D eigenvalue weighted by Crippen LogP contribution is -2.26. The maximum Gasteiger partial charge on any atom is 0.357 e. The van der Waals surface area contributed by atoms with Gasteiger partial charge < -0.3 is 10.1 Å². The van der Waals surface area contributed by atoms with Crippen LogP contribution in [0.25, 0.3) is 0 Å². The predicted molar refractivity (Wildman–Crippen MR) is 95.3 cm³/mol. The molecule has 0 saturated carbocycles. The fraction of sp³-hybridized carbons (Fsp3) is 0.389. The SMILES string of the molecule is CCOC(=O)c1csc(NC(=O)C(c2ccccc2)C(C)CC)n1. The van der Waals surface area contributed by atoms with Crippen molar-refractivity contribution in [1.29, 1.82) is 0 Å². The first-order valence-corrected chi connectivity index (χ1v) is 8.93. The van der Waals surface area contributed by atoms with Crippen molar-refractivity contribution < 1.29 is 14.3 Å². The summed E-state index contributed by atoms with van der Waals surface area (Å²) < 4.78 is 4.91. The molecule has 2 aromatic rings. The highest BCUT2D eigenvalue weighted by atomic mass is 32.1. The fourth-order valence-electron chi connectivity index (χ4n) is 2.45. The van der Waals surface area contributed by atoms with Gasteiger partial charge in [0.25, 0.3) is 0 Å². The lowest BCUT2D eigenvalue weighted by Gasteiger charge is -2.22. The van der Waals surface area contributed by atoms with Gasteiger partial charge in [0.2, 0.25) is 5.91 Å². The smallest absolute Gasteiger partial charge is 0.357 e. The summed E-state index contributed by atoms with van der Waals surface area (Å²) in [5.74, 6) is -0.654. The molecule has 6 heteroatoms. The molecule has 1 amide bonds. The van der Waals surface area contributed by atoms with Crippen LogP contribution in [0.3, 0.4) is 0 Å². The average Bonchev–Trinajstić information content (AvgIpc) is 3.04. The van der Waals surface area contributed by atoms with Crippen molar-refractivity contribution in [3.05, 3.63) is 47.0 Å². The van der Waals surface area contributed by atoms with E-state index in [2.05, 4.69) is 24.1 Å². The standard InChI is InChI=1S/C18H22N2O3S/c1-4-12(3)15(13-9-7-6-8-10-13)16(21)20-18-19-14(11-24-18)17(22)23-5-2/h6-12,15H,4-5H2,1-3H3,(H,19,20,21). The van der Waals surface area contributed by atoms with Gasteiger partial charge in [0.1, 0.15) is 0 Å². The van der Waals surface area contributed by atoms with E-state index in [1.165, 1.54) is 11.3 Å². The number of amides is 1. The van der Waals surface area contributed by atoms with Crippen LogP contribution in [0.5, 0.6) is 0 Å². The summed E-state index contributed by atoms with van der Waals surface area (Å²) in [6.45, 7) is 6.16. The molecule has 24 heavy (non-hydrogen) atoms. The summed E-state index contributed by atoms with van der Waals surface area (Å²) in [5, 5.41) is 4.83. The van der Waals surface area contributed by atoms with Gasteiger partial charge in [0.05, 0.1) is 12.5 Å². The molecule has 1 aromatic heterocycles. The fourth-order valence-corrected chi connectivity index (χ4v) is 3.13. The van der Waals surface area contributed by atoms with Gasteiger partial charge in [-0.25, -0.2) is 9.78 Å². The Kier molecular flexibility index (Phi) is 6.49. The van der Waals surface area contributed by atoms with Crippen molar-refractivity contribution in [2.24, 2.45) is 5.92 Å². The maximum atomic E-state index is 12.8. The number of ether oxygens (including phenoxy) is 1. The van der Waals surface area contributed by atoms with Crippen LogP contribution in [0.2, 0.25) is 0 Å². The van der Waals surface area contributed by atoms with Gasteiger partial charge in [-0.1, -0.05) is 50.6 Å². The number of benzene rings is 1. The van der Waals surface area contributed by atoms with Crippen molar-refractivity contribution in [3.63, 3.8) is 0 Å². The van der Waals surface area contributed by atoms with Gasteiger partial charge in [-0.05, 0) is 18.4 Å². The van der Waals surface area contributed by atoms with Gasteiger partial charge in [0.15, 0.2) is 10.8 Å². The van der Waals surface area contributed by atoms with Gasteiger partial charge >= 0.3 is 5.97 Å². The normalized spacial score (nSPS) is 13.1. The second kappa shape index (κ2) is 8.59. The number of aromatic nitrogens is 1. The zero-order valence-electron chi connectivity index (χ0n) is 14.1. The topological polar surface area (TPSA) is 68.3 Å². The number of hydrogen-bond donors (Lipinski definition) is 1. The van der Waals surface area contributed by atoms with Crippen LogP contribution in [0, 0.1) is 5.92 Å². The Morgan fingerprint density at radius 1 is 1.25 bits per heavy atom. The zero-order valence-corrected chi connectivity index (χ0v) is 14.9. The van der Waals surface area contributed by atoms with E-state index >= 15 is 0 Å². The summed E-state index contributed by atoms with van der Waals surface area (Å²) in [5.41, 5.74) is 1.20. The Balaban J connectivity index is 2.15. The van der Waals surface area contributed by atoms with E-state index in [-0.39, 0.29) is 23.4 Å². The van der Waals surface area contributed by atoms with E-state index < -0.39 is 5.97 Å². The molecule has 2 atom stereocenters. The molecule has 128 valence electrons. The van der Waals surface area contributed by atoms with Gasteiger partial charge in [-0.2, -0.15) is 0 Å². The number of hydrogen-bond acceptors (Lipinski definition) is 5. The molecular weight excluding hydrogens is 324 g/mol. The first-order valence-electron chi connectivity index (χ1n) is 8.05. The molecule has 2 unspecified atom stereocenters. The third-order valence-corrected chi connectivity index (χ3v) is 4.63. The lowest BCUT2D eigenvalue weighted by molar-refractivity contribution is -0.118. The van der Waals surface area contributed by atoms with Crippen molar-refractivity contribution in [3.8, 4) is 0 Å². The van der Waals surface area contributed by atoms with Gasteiger partial charge in [-0.15, -0.1) is 11.3 Å². The molecule has 0 aliphatic heterocycles. The highest BCUT2D eigenvalue weighted by molar-refractivity contribution is 7.14. The predicted octanol–water partition coefficient (Wildman–Crippen LogP) is 4.09. The Bertz CT molecular complexity index is 685. The summed E-state index contributed by atoms with van der Waals surface area (Å²) in [7, 11) is 0. The molecule has 0 aliphatic carbocycles. The van der Waals surface area contributed by atoms with Crippen molar-refractivity contribution in [2.75, 3.05) is 11.9 Å². The van der Waals surface area contributed by atoms with Crippen LogP contribution < -0.4 is 5.32 Å². The molecular formula is C18H22N2O3S. The molecule has 2 rings (SSSR count).